The number of carbonyl (C=O) groups excluding carboxylic acids is 1. The second kappa shape index (κ2) is 5.75. The van der Waals surface area contributed by atoms with E-state index in [-0.39, 0.29) is 24.1 Å². The van der Waals surface area contributed by atoms with E-state index in [1.54, 1.807) is 13.0 Å². The first-order valence-electron chi connectivity index (χ1n) is 6.73. The van der Waals surface area contributed by atoms with Gasteiger partial charge in [-0.25, -0.2) is 14.2 Å². The van der Waals surface area contributed by atoms with Crippen LogP contribution in [0.4, 0.5) is 4.39 Å². The van der Waals surface area contributed by atoms with Crippen molar-refractivity contribution in [2.24, 2.45) is 0 Å². The SMILES string of the molecule is CCOC(=O)c1oc(-c2ccc(F)cc2I)nc1C1CC1. The van der Waals surface area contributed by atoms with Gasteiger partial charge < -0.3 is 9.15 Å². The van der Waals surface area contributed by atoms with E-state index >= 15 is 0 Å². The highest BCUT2D eigenvalue weighted by atomic mass is 127. The number of hydrogen-bond donors (Lipinski definition) is 0. The maximum absolute atomic E-state index is 13.2. The molecule has 21 heavy (non-hydrogen) atoms. The van der Waals surface area contributed by atoms with Gasteiger partial charge >= 0.3 is 5.97 Å². The van der Waals surface area contributed by atoms with Crippen molar-refractivity contribution in [3.05, 3.63) is 39.0 Å². The Kier molecular flexibility index (Phi) is 3.97. The number of aromatic nitrogens is 1. The topological polar surface area (TPSA) is 52.3 Å². The molecule has 0 radical (unpaired) electrons. The molecule has 2 aromatic rings. The molecule has 0 unspecified atom stereocenters. The molecule has 0 amide bonds. The van der Waals surface area contributed by atoms with Crippen LogP contribution in [-0.2, 0) is 4.74 Å². The van der Waals surface area contributed by atoms with E-state index in [2.05, 4.69) is 4.98 Å². The summed E-state index contributed by atoms with van der Waals surface area (Å²) in [6.45, 7) is 2.03. The molecule has 1 fully saturated rings. The Balaban J connectivity index is 2.03. The Morgan fingerprint density at radius 1 is 1.52 bits per heavy atom. The number of ether oxygens (including phenoxy) is 1. The molecule has 1 aromatic carbocycles. The average Bonchev–Trinajstić information content (AvgIpc) is 3.19. The number of carbonyl (C=O) groups is 1. The Morgan fingerprint density at radius 3 is 2.90 bits per heavy atom. The third kappa shape index (κ3) is 2.95. The molecule has 0 aliphatic heterocycles. The van der Waals surface area contributed by atoms with Crippen LogP contribution in [0.25, 0.3) is 11.5 Å². The normalized spacial score (nSPS) is 14.2. The number of nitrogens with zero attached hydrogens (tertiary/aromatic N) is 1. The predicted molar refractivity (Wildman–Crippen MR) is 82.5 cm³/mol. The standard InChI is InChI=1S/C15H13FINO3/c1-2-20-15(19)13-12(8-3-4-8)18-14(21-13)10-6-5-9(16)7-11(10)17/h5-8H,2-4H2,1H3. The van der Waals surface area contributed by atoms with Crippen molar-refractivity contribution in [3.8, 4) is 11.5 Å². The van der Waals surface area contributed by atoms with E-state index in [1.165, 1.54) is 12.1 Å². The zero-order valence-corrected chi connectivity index (χ0v) is 13.5. The van der Waals surface area contributed by atoms with Gasteiger partial charge in [0.15, 0.2) is 0 Å². The zero-order chi connectivity index (χ0) is 15.0. The number of oxazole rings is 1. The minimum absolute atomic E-state index is 0.175. The van der Waals surface area contributed by atoms with Crippen LogP contribution in [0.3, 0.4) is 0 Å². The van der Waals surface area contributed by atoms with Gasteiger partial charge in [-0.05, 0) is 60.6 Å². The van der Waals surface area contributed by atoms with E-state index in [4.69, 9.17) is 9.15 Å². The van der Waals surface area contributed by atoms with Gasteiger partial charge in [0.25, 0.3) is 0 Å². The monoisotopic (exact) mass is 401 g/mol. The summed E-state index contributed by atoms with van der Waals surface area (Å²) in [5, 5.41) is 0. The molecule has 4 nitrogen and oxygen atoms in total. The van der Waals surface area contributed by atoms with Crippen LogP contribution < -0.4 is 0 Å². The first kappa shape index (κ1) is 14.5. The Morgan fingerprint density at radius 2 is 2.29 bits per heavy atom. The highest BCUT2D eigenvalue weighted by molar-refractivity contribution is 14.1. The lowest BCUT2D eigenvalue weighted by Gasteiger charge is -2.00. The van der Waals surface area contributed by atoms with E-state index in [1.807, 2.05) is 22.6 Å². The summed E-state index contributed by atoms with van der Waals surface area (Å²) < 4.78 is 24.5. The van der Waals surface area contributed by atoms with Crippen LogP contribution in [-0.4, -0.2) is 17.6 Å². The Labute approximate surface area is 134 Å². The lowest BCUT2D eigenvalue weighted by Crippen LogP contribution is -2.05. The van der Waals surface area contributed by atoms with Crippen LogP contribution in [0.2, 0.25) is 0 Å². The number of esters is 1. The van der Waals surface area contributed by atoms with Crippen molar-refractivity contribution in [3.63, 3.8) is 0 Å². The van der Waals surface area contributed by atoms with Crippen molar-refractivity contribution in [2.75, 3.05) is 6.61 Å². The first-order chi connectivity index (χ1) is 10.1. The quantitative estimate of drug-likeness (QED) is 0.571. The largest absolute Gasteiger partial charge is 0.460 e. The lowest BCUT2D eigenvalue weighted by atomic mass is 10.2. The molecule has 6 heteroatoms. The molecule has 0 spiro atoms. The van der Waals surface area contributed by atoms with Crippen LogP contribution in [0, 0.1) is 9.39 Å². The summed E-state index contributed by atoms with van der Waals surface area (Å²) in [5.74, 6) is -0.0307. The van der Waals surface area contributed by atoms with Crippen LogP contribution in [0.5, 0.6) is 0 Å². The van der Waals surface area contributed by atoms with Gasteiger partial charge in [-0.15, -0.1) is 0 Å². The molecule has 0 saturated heterocycles. The molecule has 1 aliphatic rings. The number of hydrogen-bond acceptors (Lipinski definition) is 4. The summed E-state index contributed by atoms with van der Waals surface area (Å²) in [6.07, 6.45) is 2.00. The summed E-state index contributed by atoms with van der Waals surface area (Å²) >= 11 is 2.02. The van der Waals surface area contributed by atoms with Crippen molar-refractivity contribution in [2.45, 2.75) is 25.7 Å². The van der Waals surface area contributed by atoms with Gasteiger partial charge in [0.05, 0.1) is 17.9 Å². The average molecular weight is 401 g/mol. The van der Waals surface area contributed by atoms with Crippen molar-refractivity contribution >= 4 is 28.6 Å². The molecule has 1 aromatic heterocycles. The molecular weight excluding hydrogens is 388 g/mol. The number of halogens is 2. The molecule has 0 atom stereocenters. The Bertz CT molecular complexity index is 694. The van der Waals surface area contributed by atoms with E-state index in [9.17, 15) is 9.18 Å². The van der Waals surface area contributed by atoms with Crippen molar-refractivity contribution in [1.82, 2.24) is 4.98 Å². The third-order valence-electron chi connectivity index (χ3n) is 3.24. The highest BCUT2D eigenvalue weighted by Crippen LogP contribution is 2.43. The van der Waals surface area contributed by atoms with E-state index in [0.29, 0.717) is 20.7 Å². The summed E-state index contributed by atoms with van der Waals surface area (Å²) in [4.78, 5) is 16.4. The maximum atomic E-state index is 13.2. The van der Waals surface area contributed by atoms with Crippen molar-refractivity contribution < 1.29 is 18.3 Å². The van der Waals surface area contributed by atoms with Gasteiger partial charge in [0, 0.05) is 9.49 Å². The summed E-state index contributed by atoms with van der Waals surface area (Å²) in [6, 6.07) is 4.36. The predicted octanol–water partition coefficient (Wildman–Crippen LogP) is 4.14. The minimum atomic E-state index is -0.490. The Hall–Kier alpha value is -1.44. The molecule has 1 aliphatic carbocycles. The summed E-state index contributed by atoms with van der Waals surface area (Å²) in [5.41, 5.74) is 1.33. The van der Waals surface area contributed by atoms with E-state index in [0.717, 1.165) is 12.8 Å². The minimum Gasteiger partial charge on any atom is -0.460 e. The van der Waals surface area contributed by atoms with Gasteiger partial charge in [-0.1, -0.05) is 0 Å². The first-order valence-corrected chi connectivity index (χ1v) is 7.81. The number of rotatable bonds is 4. The molecule has 3 rings (SSSR count). The summed E-state index contributed by atoms with van der Waals surface area (Å²) in [7, 11) is 0. The highest BCUT2D eigenvalue weighted by Gasteiger charge is 2.34. The number of benzene rings is 1. The second-order valence-electron chi connectivity index (χ2n) is 4.85. The van der Waals surface area contributed by atoms with Crippen LogP contribution in [0.1, 0.15) is 41.9 Å². The maximum Gasteiger partial charge on any atom is 0.376 e. The molecule has 110 valence electrons. The molecule has 1 heterocycles. The fourth-order valence-electron chi connectivity index (χ4n) is 2.09. The van der Waals surface area contributed by atoms with Gasteiger partial charge in [-0.3, -0.25) is 0 Å². The van der Waals surface area contributed by atoms with E-state index < -0.39 is 5.97 Å². The van der Waals surface area contributed by atoms with Crippen LogP contribution in [0.15, 0.2) is 22.6 Å². The fraction of sp³-hybridized carbons (Fsp3) is 0.333. The molecule has 0 N–H and O–H groups in total. The van der Waals surface area contributed by atoms with Gasteiger partial charge in [-0.2, -0.15) is 0 Å². The third-order valence-corrected chi connectivity index (χ3v) is 4.13. The molecular formula is C15H13FINO3. The smallest absolute Gasteiger partial charge is 0.376 e. The fourth-order valence-corrected chi connectivity index (χ4v) is 2.79. The van der Waals surface area contributed by atoms with Crippen molar-refractivity contribution in [1.29, 1.82) is 0 Å². The van der Waals surface area contributed by atoms with Crippen LogP contribution >= 0.6 is 22.6 Å². The molecule has 0 bridgehead atoms. The van der Waals surface area contributed by atoms with Gasteiger partial charge in [0.2, 0.25) is 11.7 Å². The zero-order valence-electron chi connectivity index (χ0n) is 11.4. The second-order valence-corrected chi connectivity index (χ2v) is 6.01. The lowest BCUT2D eigenvalue weighted by molar-refractivity contribution is 0.0489. The van der Waals surface area contributed by atoms with Gasteiger partial charge in [0.1, 0.15) is 5.82 Å². The molecule has 1 saturated carbocycles.